The van der Waals surface area contributed by atoms with E-state index >= 15 is 0 Å². The highest BCUT2D eigenvalue weighted by Gasteiger charge is 2.42. The summed E-state index contributed by atoms with van der Waals surface area (Å²) in [6.07, 6.45) is 0. The molecule has 5 heterocycles. The minimum absolute atomic E-state index is 0.128. The molecule has 0 bridgehead atoms. The Hall–Kier alpha value is -9.85. The summed E-state index contributed by atoms with van der Waals surface area (Å²) in [6.45, 7) is 6.53. The van der Waals surface area contributed by atoms with Crippen LogP contribution in [-0.4, -0.2) is 41.2 Å². The maximum Gasteiger partial charge on any atom is 0.256 e. The zero-order chi connectivity index (χ0) is 50.4. The van der Waals surface area contributed by atoms with Crippen LogP contribution in [-0.2, 0) is 5.41 Å². The molecule has 0 amide bonds. The molecule has 14 rings (SSSR count). The van der Waals surface area contributed by atoms with Gasteiger partial charge in [0.15, 0.2) is 34.9 Å². The molecule has 9 aromatic carbocycles. The lowest BCUT2D eigenvalue weighted by atomic mass is 9.34. The summed E-state index contributed by atoms with van der Waals surface area (Å²) in [5.74, 6) is 5.07. The Morgan fingerprint density at radius 2 is 0.920 bits per heavy atom. The van der Waals surface area contributed by atoms with Crippen molar-refractivity contribution in [3.8, 4) is 103 Å². The molecule has 0 unspecified atom stereocenters. The lowest BCUT2D eigenvalue weighted by molar-refractivity contribution is 0.486. The number of rotatable bonds is 7. The summed E-state index contributed by atoms with van der Waals surface area (Å²) in [5.41, 5.74) is 15.3. The summed E-state index contributed by atoms with van der Waals surface area (Å²) >= 11 is 0. The third kappa shape index (κ3) is 7.47. The van der Waals surface area contributed by atoms with Gasteiger partial charge >= 0.3 is 0 Å². The molecule has 0 spiro atoms. The molecule has 2 aliphatic rings. The third-order valence-electron chi connectivity index (χ3n) is 14.5. The number of hydrogen-bond donors (Lipinski definition) is 0. The summed E-state index contributed by atoms with van der Waals surface area (Å²) in [6, 6.07) is 72.6. The molecular formula is C65H43BN8O. The molecule has 0 N–H and O–H groups in total. The molecule has 0 atom stereocenters. The Bertz CT molecular complexity index is 4190. The minimum atomic E-state index is -0.232. The second-order valence-corrected chi connectivity index (χ2v) is 20.2. The van der Waals surface area contributed by atoms with Crippen LogP contribution in [0.5, 0.6) is 11.5 Å². The van der Waals surface area contributed by atoms with Crippen molar-refractivity contribution in [3.63, 3.8) is 0 Å². The van der Waals surface area contributed by atoms with Gasteiger partial charge in [-0.05, 0) is 93.1 Å². The van der Waals surface area contributed by atoms with E-state index in [4.69, 9.17) is 34.6 Å². The average Bonchev–Trinajstić information content (AvgIpc) is 3.83. The van der Waals surface area contributed by atoms with Crippen LogP contribution < -0.4 is 21.1 Å². The lowest BCUT2D eigenvalue weighted by Crippen LogP contribution is -2.58. The third-order valence-corrected chi connectivity index (χ3v) is 14.5. The molecular weight excluding hydrogens is 920 g/mol. The van der Waals surface area contributed by atoms with Crippen LogP contribution in [0.15, 0.2) is 206 Å². The van der Waals surface area contributed by atoms with Crippen molar-refractivity contribution < 1.29 is 4.74 Å². The van der Waals surface area contributed by atoms with Gasteiger partial charge in [-0.15, -0.1) is 0 Å². The Kier molecular flexibility index (Phi) is 10.0. The Balaban J connectivity index is 1.09. The molecule has 12 aromatic rings. The largest absolute Gasteiger partial charge is 0.458 e. The van der Waals surface area contributed by atoms with E-state index in [2.05, 4.69) is 92.1 Å². The number of benzene rings is 9. The summed E-state index contributed by atoms with van der Waals surface area (Å²) in [4.78, 5) is 31.1. The van der Waals surface area contributed by atoms with Crippen LogP contribution >= 0.6 is 0 Å². The normalized spacial score (nSPS) is 12.3. The maximum absolute atomic E-state index is 9.75. The van der Waals surface area contributed by atoms with Crippen molar-refractivity contribution in [1.29, 1.82) is 5.26 Å². The quantitative estimate of drug-likeness (QED) is 0.145. The number of ether oxygens (including phenoxy) is 1. The highest BCUT2D eigenvalue weighted by Crippen LogP contribution is 2.43. The number of nitrogens with zero attached hydrogens (tertiary/aromatic N) is 8. The van der Waals surface area contributed by atoms with Gasteiger partial charge in [0.25, 0.3) is 6.71 Å². The van der Waals surface area contributed by atoms with Crippen LogP contribution in [0.2, 0.25) is 0 Å². The van der Waals surface area contributed by atoms with Crippen molar-refractivity contribution in [2.24, 2.45) is 0 Å². The molecule has 2 aliphatic heterocycles. The first-order valence-electron chi connectivity index (χ1n) is 25.1. The van der Waals surface area contributed by atoms with Crippen LogP contribution in [0.4, 0.5) is 0 Å². The van der Waals surface area contributed by atoms with Gasteiger partial charge in [-0.1, -0.05) is 172 Å². The second-order valence-electron chi connectivity index (χ2n) is 20.2. The van der Waals surface area contributed by atoms with Gasteiger partial charge in [0, 0.05) is 55.4 Å². The topological polar surface area (TPSA) is 115 Å². The van der Waals surface area contributed by atoms with Gasteiger partial charge in [0.2, 0.25) is 0 Å². The number of nitriles is 1. The Morgan fingerprint density at radius 3 is 1.44 bits per heavy atom. The number of hydrogen-bond acceptors (Lipinski definition) is 8. The van der Waals surface area contributed by atoms with Gasteiger partial charge in [-0.2, -0.15) is 5.26 Å². The standard InChI is InChI=1S/C65H43BN8O/c1-65(2,3)48-29-31-55-51(37-48)66-52-34-47(64-72-61(43-20-12-6-13-21-43)69-62(73-64)44-22-14-7-15-23-44)33-50-49-32-45(63-70-59(41-16-8-4-9-17-41)68-60(71-63)42-18-10-5-11-19-42)28-30-53(49)74(58(50)52)54-35-46(36-56(75-55)57(54)66)40-26-24-39(38-67)25-27-40/h4-37H,1-3H3. The number of aromatic nitrogens is 7. The van der Waals surface area contributed by atoms with Gasteiger partial charge in [-0.25, -0.2) is 29.9 Å². The fourth-order valence-electron chi connectivity index (χ4n) is 10.8. The van der Waals surface area contributed by atoms with E-state index < -0.39 is 0 Å². The highest BCUT2D eigenvalue weighted by molar-refractivity contribution is 6.99. The van der Waals surface area contributed by atoms with Crippen molar-refractivity contribution in [3.05, 3.63) is 217 Å². The van der Waals surface area contributed by atoms with Crippen LogP contribution in [0.3, 0.4) is 0 Å². The summed E-state index contributed by atoms with van der Waals surface area (Å²) < 4.78 is 9.51. The number of fused-ring (bicyclic) bond motifs is 7. The Labute approximate surface area is 433 Å². The van der Waals surface area contributed by atoms with Crippen molar-refractivity contribution in [1.82, 2.24) is 34.5 Å². The predicted molar refractivity (Wildman–Crippen MR) is 300 cm³/mol. The molecule has 0 aliphatic carbocycles. The molecule has 352 valence electrons. The van der Waals surface area contributed by atoms with Crippen molar-refractivity contribution in [2.75, 3.05) is 0 Å². The molecule has 3 aromatic heterocycles. The van der Waals surface area contributed by atoms with E-state index in [0.29, 0.717) is 40.5 Å². The minimum Gasteiger partial charge on any atom is -0.458 e. The van der Waals surface area contributed by atoms with Crippen molar-refractivity contribution in [2.45, 2.75) is 26.2 Å². The first-order valence-corrected chi connectivity index (χ1v) is 25.1. The molecule has 9 nitrogen and oxygen atoms in total. The van der Waals surface area contributed by atoms with Gasteiger partial charge in [-0.3, -0.25) is 0 Å². The van der Waals surface area contributed by atoms with Crippen LogP contribution in [0, 0.1) is 11.3 Å². The van der Waals surface area contributed by atoms with E-state index in [1.807, 2.05) is 146 Å². The zero-order valence-corrected chi connectivity index (χ0v) is 41.2. The molecule has 75 heavy (non-hydrogen) atoms. The Morgan fingerprint density at radius 1 is 0.427 bits per heavy atom. The molecule has 0 radical (unpaired) electrons. The maximum atomic E-state index is 9.75. The molecule has 0 saturated carbocycles. The van der Waals surface area contributed by atoms with Crippen LogP contribution in [0.1, 0.15) is 31.9 Å². The van der Waals surface area contributed by atoms with Crippen molar-refractivity contribution >= 4 is 44.9 Å². The van der Waals surface area contributed by atoms with E-state index in [0.717, 1.165) is 99.9 Å². The van der Waals surface area contributed by atoms with E-state index in [-0.39, 0.29) is 12.1 Å². The van der Waals surface area contributed by atoms with E-state index in [1.165, 1.54) is 5.56 Å². The average molecular weight is 963 g/mol. The van der Waals surface area contributed by atoms with E-state index in [9.17, 15) is 5.26 Å². The lowest BCUT2D eigenvalue weighted by Gasteiger charge is -2.35. The zero-order valence-electron chi connectivity index (χ0n) is 41.2. The fraction of sp³-hybridized carbons (Fsp3) is 0.0615. The second kappa shape index (κ2) is 17.1. The fourth-order valence-corrected chi connectivity index (χ4v) is 10.8. The predicted octanol–water partition coefficient (Wildman–Crippen LogP) is 12.9. The molecule has 10 heteroatoms. The van der Waals surface area contributed by atoms with E-state index in [1.54, 1.807) is 0 Å². The van der Waals surface area contributed by atoms with Gasteiger partial charge < -0.3 is 9.30 Å². The summed E-state index contributed by atoms with van der Waals surface area (Å²) in [5, 5.41) is 11.8. The monoisotopic (exact) mass is 962 g/mol. The summed E-state index contributed by atoms with van der Waals surface area (Å²) in [7, 11) is 0. The molecule has 0 fully saturated rings. The highest BCUT2D eigenvalue weighted by atomic mass is 16.5. The smallest absolute Gasteiger partial charge is 0.256 e. The first kappa shape index (κ1) is 43.9. The SMILES string of the molecule is CC(C)(C)c1ccc2c(c1)B1c3c(cc(-c4ccc(C#N)cc4)cc3-n3c4ccc(-c5nc(-c6ccccc6)nc(-c6ccccc6)n5)cc4c4cc(-c5nc(-c6ccccc6)nc(-c6ccccc6)n5)cc1c43)O2. The van der Waals surface area contributed by atoms with Crippen LogP contribution in [0.25, 0.3) is 107 Å². The van der Waals surface area contributed by atoms with Gasteiger partial charge in [0.05, 0.1) is 17.1 Å². The first-order chi connectivity index (χ1) is 36.7. The molecule has 0 saturated heterocycles. The van der Waals surface area contributed by atoms with Gasteiger partial charge in [0.1, 0.15) is 11.5 Å².